The van der Waals surface area contributed by atoms with Gasteiger partial charge in [-0.1, -0.05) is 23.9 Å². The molecule has 0 aromatic carbocycles. The van der Waals surface area contributed by atoms with E-state index in [-0.39, 0.29) is 0 Å². The van der Waals surface area contributed by atoms with Crippen LogP contribution in [0.15, 0.2) is 47.2 Å². The van der Waals surface area contributed by atoms with Gasteiger partial charge in [0.2, 0.25) is 0 Å². The summed E-state index contributed by atoms with van der Waals surface area (Å²) in [4.78, 5) is 5.58. The van der Waals surface area contributed by atoms with Gasteiger partial charge in [0.15, 0.2) is 10.8 Å². The highest BCUT2D eigenvalue weighted by Crippen LogP contribution is 2.39. The van der Waals surface area contributed by atoms with Gasteiger partial charge in [-0.25, -0.2) is 9.50 Å². The van der Waals surface area contributed by atoms with E-state index in [9.17, 15) is 0 Å². The standard InChI is InChI=1S/C17H16N6S2/c1-3-13(23-15(5-1)18-11-19-23)10-25-17-21-20-16(22(17)12-6-7-12)9-14-4-2-8-24-14/h1-5,8,11-12H,6-7,9-10H2. The van der Waals surface area contributed by atoms with Crippen LogP contribution < -0.4 is 0 Å². The van der Waals surface area contributed by atoms with E-state index in [4.69, 9.17) is 0 Å². The van der Waals surface area contributed by atoms with Crippen molar-refractivity contribution < 1.29 is 0 Å². The largest absolute Gasteiger partial charge is 0.303 e. The first-order valence-electron chi connectivity index (χ1n) is 8.25. The van der Waals surface area contributed by atoms with E-state index in [2.05, 4.69) is 48.4 Å². The fourth-order valence-electron chi connectivity index (χ4n) is 2.94. The summed E-state index contributed by atoms with van der Waals surface area (Å²) in [6.07, 6.45) is 4.90. The summed E-state index contributed by atoms with van der Waals surface area (Å²) < 4.78 is 4.23. The van der Waals surface area contributed by atoms with Crippen molar-refractivity contribution in [3.05, 3.63) is 58.4 Å². The van der Waals surface area contributed by atoms with Crippen molar-refractivity contribution in [1.29, 1.82) is 0 Å². The van der Waals surface area contributed by atoms with Gasteiger partial charge in [0.05, 0.1) is 5.69 Å². The van der Waals surface area contributed by atoms with Gasteiger partial charge in [-0.15, -0.1) is 21.5 Å². The quantitative estimate of drug-likeness (QED) is 0.487. The Morgan fingerprint density at radius 2 is 2.12 bits per heavy atom. The molecule has 1 aliphatic rings. The Morgan fingerprint density at radius 3 is 2.96 bits per heavy atom. The smallest absolute Gasteiger partial charge is 0.191 e. The molecule has 1 aliphatic carbocycles. The first-order valence-corrected chi connectivity index (χ1v) is 10.1. The second-order valence-corrected chi connectivity index (χ2v) is 8.07. The van der Waals surface area contributed by atoms with Crippen molar-refractivity contribution in [2.24, 2.45) is 0 Å². The molecule has 0 bridgehead atoms. The Hall–Kier alpha value is -2.19. The Morgan fingerprint density at radius 1 is 1.16 bits per heavy atom. The van der Waals surface area contributed by atoms with Gasteiger partial charge in [-0.05, 0) is 36.4 Å². The van der Waals surface area contributed by atoms with Gasteiger partial charge >= 0.3 is 0 Å². The lowest BCUT2D eigenvalue weighted by Gasteiger charge is -2.08. The van der Waals surface area contributed by atoms with Crippen LogP contribution in [0.2, 0.25) is 0 Å². The van der Waals surface area contributed by atoms with Gasteiger partial charge in [-0.3, -0.25) is 0 Å². The predicted octanol–water partition coefficient (Wildman–Crippen LogP) is 3.60. The predicted molar refractivity (Wildman–Crippen MR) is 98.0 cm³/mol. The molecule has 6 nitrogen and oxygen atoms in total. The molecular formula is C17H16N6S2. The summed E-state index contributed by atoms with van der Waals surface area (Å²) >= 11 is 3.50. The minimum absolute atomic E-state index is 0.564. The molecule has 0 spiro atoms. The second kappa shape index (κ2) is 6.27. The molecule has 1 saturated carbocycles. The number of rotatable bonds is 6. The van der Waals surface area contributed by atoms with Crippen molar-refractivity contribution in [3.8, 4) is 0 Å². The van der Waals surface area contributed by atoms with Gasteiger partial charge in [0.25, 0.3) is 0 Å². The van der Waals surface area contributed by atoms with Crippen LogP contribution in [-0.2, 0) is 12.2 Å². The third kappa shape index (κ3) is 2.96. The number of fused-ring (bicyclic) bond motifs is 1. The minimum Gasteiger partial charge on any atom is -0.303 e. The first-order chi connectivity index (χ1) is 12.4. The Labute approximate surface area is 152 Å². The molecule has 5 rings (SSSR count). The summed E-state index contributed by atoms with van der Waals surface area (Å²) in [6, 6.07) is 10.9. The van der Waals surface area contributed by atoms with Crippen molar-refractivity contribution in [1.82, 2.24) is 29.4 Å². The number of aromatic nitrogens is 6. The fraction of sp³-hybridized carbons (Fsp3) is 0.294. The van der Waals surface area contributed by atoms with Gasteiger partial charge in [0.1, 0.15) is 12.2 Å². The average Bonchev–Trinajstić information content (AvgIpc) is 3.05. The average molecular weight is 368 g/mol. The molecule has 0 saturated heterocycles. The zero-order chi connectivity index (χ0) is 16.6. The van der Waals surface area contributed by atoms with Crippen molar-refractivity contribution in [2.45, 2.75) is 36.2 Å². The lowest BCUT2D eigenvalue weighted by Crippen LogP contribution is -2.04. The van der Waals surface area contributed by atoms with E-state index in [1.807, 2.05) is 16.6 Å². The SMILES string of the molecule is c1csc(Cc2nnc(SCc3cccc4ncnn34)n2C2CC2)c1. The number of thiophene rings is 1. The third-order valence-electron chi connectivity index (χ3n) is 4.29. The maximum Gasteiger partial charge on any atom is 0.191 e. The first kappa shape index (κ1) is 15.1. The molecular weight excluding hydrogens is 352 g/mol. The van der Waals surface area contributed by atoms with Crippen molar-refractivity contribution in [3.63, 3.8) is 0 Å². The molecule has 0 unspecified atom stereocenters. The molecule has 0 atom stereocenters. The van der Waals surface area contributed by atoms with Gasteiger partial charge < -0.3 is 4.57 Å². The maximum atomic E-state index is 4.48. The highest BCUT2D eigenvalue weighted by atomic mass is 32.2. The normalized spacial score (nSPS) is 14.4. The van der Waals surface area contributed by atoms with E-state index in [1.54, 1.807) is 29.4 Å². The second-order valence-electron chi connectivity index (χ2n) is 6.09. The molecule has 4 heterocycles. The van der Waals surface area contributed by atoms with Gasteiger partial charge in [0, 0.05) is 23.1 Å². The third-order valence-corrected chi connectivity index (χ3v) is 6.14. The molecule has 25 heavy (non-hydrogen) atoms. The molecule has 4 aromatic heterocycles. The number of hydrogen-bond donors (Lipinski definition) is 0. The van der Waals surface area contributed by atoms with Crippen LogP contribution in [0.25, 0.3) is 5.65 Å². The topological polar surface area (TPSA) is 60.9 Å². The van der Waals surface area contributed by atoms with Crippen molar-refractivity contribution in [2.75, 3.05) is 0 Å². The molecule has 0 amide bonds. The molecule has 0 aliphatic heterocycles. The molecule has 0 radical (unpaired) electrons. The maximum absolute atomic E-state index is 4.48. The minimum atomic E-state index is 0.564. The summed E-state index contributed by atoms with van der Waals surface area (Å²) in [6.45, 7) is 0. The molecule has 8 heteroatoms. The van der Waals surface area contributed by atoms with Crippen LogP contribution in [0.5, 0.6) is 0 Å². The van der Waals surface area contributed by atoms with E-state index >= 15 is 0 Å². The van der Waals surface area contributed by atoms with Crippen LogP contribution in [0, 0.1) is 0 Å². The van der Waals surface area contributed by atoms with Crippen molar-refractivity contribution >= 4 is 28.7 Å². The van der Waals surface area contributed by atoms with Crippen LogP contribution in [0.1, 0.15) is 35.3 Å². The van der Waals surface area contributed by atoms with Crippen LogP contribution >= 0.6 is 23.1 Å². The van der Waals surface area contributed by atoms with E-state index in [0.717, 1.165) is 34.5 Å². The van der Waals surface area contributed by atoms with Gasteiger partial charge in [-0.2, -0.15) is 5.10 Å². The van der Waals surface area contributed by atoms with E-state index < -0.39 is 0 Å². The number of hydrogen-bond acceptors (Lipinski definition) is 6. The number of pyridine rings is 1. The molecule has 126 valence electrons. The Balaban J connectivity index is 1.40. The monoisotopic (exact) mass is 368 g/mol. The lowest BCUT2D eigenvalue weighted by atomic mass is 10.3. The molecule has 1 fully saturated rings. The lowest BCUT2D eigenvalue weighted by molar-refractivity contribution is 0.635. The summed E-state index contributed by atoms with van der Waals surface area (Å²) in [7, 11) is 0. The summed E-state index contributed by atoms with van der Waals surface area (Å²) in [5.41, 5.74) is 1.99. The van der Waals surface area contributed by atoms with E-state index in [0.29, 0.717) is 6.04 Å². The summed E-state index contributed by atoms with van der Waals surface area (Å²) in [5, 5.41) is 16.4. The highest BCUT2D eigenvalue weighted by molar-refractivity contribution is 7.98. The summed E-state index contributed by atoms with van der Waals surface area (Å²) in [5.74, 6) is 1.87. The van der Waals surface area contributed by atoms with Crippen LogP contribution in [-0.4, -0.2) is 29.4 Å². The van der Waals surface area contributed by atoms with Crippen LogP contribution in [0.4, 0.5) is 0 Å². The molecule has 0 N–H and O–H groups in total. The zero-order valence-corrected chi connectivity index (χ0v) is 15.1. The number of thioether (sulfide) groups is 1. The fourth-order valence-corrected chi connectivity index (χ4v) is 4.63. The Kier molecular flexibility index (Phi) is 3.79. The zero-order valence-electron chi connectivity index (χ0n) is 13.4. The number of nitrogens with zero attached hydrogens (tertiary/aromatic N) is 6. The van der Waals surface area contributed by atoms with Crippen LogP contribution in [0.3, 0.4) is 0 Å². The highest BCUT2D eigenvalue weighted by Gasteiger charge is 2.29. The molecule has 4 aromatic rings. The Bertz CT molecular complexity index is 999. The van der Waals surface area contributed by atoms with E-state index in [1.165, 1.54) is 17.7 Å².